The Hall–Kier alpha value is -3.50. The highest BCUT2D eigenvalue weighted by molar-refractivity contribution is 5.93. The zero-order valence-electron chi connectivity index (χ0n) is 14.8. The number of carbonyl (C=O) groups is 1. The van der Waals surface area contributed by atoms with Crippen molar-refractivity contribution in [1.82, 2.24) is 15.2 Å². The summed E-state index contributed by atoms with van der Waals surface area (Å²) in [7, 11) is 2.92. The van der Waals surface area contributed by atoms with Crippen LogP contribution in [0.2, 0.25) is 0 Å². The van der Waals surface area contributed by atoms with E-state index < -0.39 is 24.3 Å². The number of nitrogens with one attached hydrogen (secondary N) is 1. The Bertz CT molecular complexity index is 1000. The van der Waals surface area contributed by atoms with E-state index in [1.165, 1.54) is 20.3 Å². The van der Waals surface area contributed by atoms with E-state index in [2.05, 4.69) is 15.6 Å². The third kappa shape index (κ3) is 4.08. The summed E-state index contributed by atoms with van der Waals surface area (Å²) >= 11 is 0. The number of anilines is 1. The van der Waals surface area contributed by atoms with Gasteiger partial charge in [-0.25, -0.2) is 0 Å². The molecule has 0 aliphatic rings. The second-order valence-corrected chi connectivity index (χ2v) is 5.55. The minimum absolute atomic E-state index is 0.00958. The van der Waals surface area contributed by atoms with Crippen LogP contribution in [-0.4, -0.2) is 41.9 Å². The smallest absolute Gasteiger partial charge is 0.416 e. The molecule has 0 atom stereocenters. The van der Waals surface area contributed by atoms with E-state index in [9.17, 15) is 18.0 Å². The minimum Gasteiger partial charge on any atom is -0.497 e. The number of aromatic nitrogens is 3. The van der Waals surface area contributed by atoms with Crippen LogP contribution in [0.3, 0.4) is 0 Å². The summed E-state index contributed by atoms with van der Waals surface area (Å²) in [5.41, 5.74) is -0.311. The number of hydrogen-bond acceptors (Lipinski definition) is 6. The molecule has 8 nitrogen and oxygen atoms in total. The third-order valence-corrected chi connectivity index (χ3v) is 3.74. The van der Waals surface area contributed by atoms with Gasteiger partial charge in [0.1, 0.15) is 22.5 Å². The lowest BCUT2D eigenvalue weighted by Crippen LogP contribution is -2.26. The summed E-state index contributed by atoms with van der Waals surface area (Å²) in [6, 6.07) is 7.70. The standard InChI is InChI=1S/C17H15F3N4O4/c1-26-11-4-6-13(15(8-11)27-2)21-16(25)9-28-24-14-7-10(17(18,19)20)3-5-12(14)22-23-24/h3-8H,9H2,1-2H3,(H,21,25). The molecule has 3 aromatic rings. The SMILES string of the molecule is COc1ccc(NC(=O)COn2nnc3ccc(C(F)(F)F)cc32)c(OC)c1. The number of alkyl halides is 3. The van der Waals surface area contributed by atoms with E-state index >= 15 is 0 Å². The molecular weight excluding hydrogens is 381 g/mol. The van der Waals surface area contributed by atoms with Gasteiger partial charge in [-0.1, -0.05) is 4.85 Å². The van der Waals surface area contributed by atoms with Gasteiger partial charge >= 0.3 is 6.18 Å². The fourth-order valence-corrected chi connectivity index (χ4v) is 2.38. The molecule has 1 amide bonds. The highest BCUT2D eigenvalue weighted by atomic mass is 19.4. The molecule has 28 heavy (non-hydrogen) atoms. The highest BCUT2D eigenvalue weighted by Gasteiger charge is 2.31. The maximum Gasteiger partial charge on any atom is 0.416 e. The van der Waals surface area contributed by atoms with Crippen molar-refractivity contribution >= 4 is 22.6 Å². The predicted octanol–water partition coefficient (Wildman–Crippen LogP) is 2.53. The fourth-order valence-electron chi connectivity index (χ4n) is 2.38. The van der Waals surface area contributed by atoms with Crippen LogP contribution in [0.15, 0.2) is 36.4 Å². The van der Waals surface area contributed by atoms with Gasteiger partial charge in [0.25, 0.3) is 5.91 Å². The van der Waals surface area contributed by atoms with Crippen molar-refractivity contribution in [2.24, 2.45) is 0 Å². The lowest BCUT2D eigenvalue weighted by atomic mass is 10.2. The molecule has 0 saturated heterocycles. The maximum atomic E-state index is 12.9. The number of rotatable bonds is 6. The molecule has 1 heterocycles. The molecule has 0 aliphatic heterocycles. The van der Waals surface area contributed by atoms with Crippen LogP contribution in [0.1, 0.15) is 5.56 Å². The molecule has 0 spiro atoms. The first kappa shape index (κ1) is 19.3. The first-order valence-electron chi connectivity index (χ1n) is 7.89. The number of halogens is 3. The van der Waals surface area contributed by atoms with Gasteiger partial charge in [0.2, 0.25) is 0 Å². The molecule has 0 saturated carbocycles. The molecule has 11 heteroatoms. The van der Waals surface area contributed by atoms with E-state index in [0.29, 0.717) is 17.2 Å². The number of benzene rings is 2. The van der Waals surface area contributed by atoms with Gasteiger partial charge in [0.15, 0.2) is 6.61 Å². The topological polar surface area (TPSA) is 87.5 Å². The molecule has 0 aliphatic carbocycles. The number of amides is 1. The van der Waals surface area contributed by atoms with Crippen molar-refractivity contribution in [2.75, 3.05) is 26.1 Å². The van der Waals surface area contributed by atoms with E-state index in [1.807, 2.05) is 0 Å². The molecule has 3 rings (SSSR count). The Morgan fingerprint density at radius 1 is 1.14 bits per heavy atom. The molecule has 148 valence electrons. The molecule has 2 aromatic carbocycles. The van der Waals surface area contributed by atoms with Crippen LogP contribution >= 0.6 is 0 Å². The van der Waals surface area contributed by atoms with E-state index in [0.717, 1.165) is 17.0 Å². The molecule has 0 fully saturated rings. The Balaban J connectivity index is 1.71. The van der Waals surface area contributed by atoms with Gasteiger partial charge in [-0.3, -0.25) is 4.79 Å². The summed E-state index contributed by atoms with van der Waals surface area (Å²) in [4.78, 5) is 18.1. The zero-order valence-corrected chi connectivity index (χ0v) is 14.8. The van der Waals surface area contributed by atoms with Crippen LogP contribution in [0.5, 0.6) is 11.5 Å². The summed E-state index contributed by atoms with van der Waals surface area (Å²) < 4.78 is 48.8. The number of methoxy groups -OCH3 is 2. The lowest BCUT2D eigenvalue weighted by Gasteiger charge is -2.12. The van der Waals surface area contributed by atoms with Crippen LogP contribution < -0.4 is 19.6 Å². The number of hydrogen-bond donors (Lipinski definition) is 1. The summed E-state index contributed by atoms with van der Waals surface area (Å²) in [6.45, 7) is -0.510. The second kappa shape index (κ2) is 7.62. The quantitative estimate of drug-likeness (QED) is 0.689. The van der Waals surface area contributed by atoms with Crippen molar-refractivity contribution in [2.45, 2.75) is 6.18 Å². The van der Waals surface area contributed by atoms with Crippen LogP contribution in [0.4, 0.5) is 18.9 Å². The Morgan fingerprint density at radius 3 is 2.61 bits per heavy atom. The van der Waals surface area contributed by atoms with Gasteiger partial charge in [-0.05, 0) is 35.5 Å². The monoisotopic (exact) mass is 396 g/mol. The largest absolute Gasteiger partial charge is 0.497 e. The van der Waals surface area contributed by atoms with Gasteiger partial charge in [0.05, 0.1) is 25.5 Å². The summed E-state index contributed by atoms with van der Waals surface area (Å²) in [5, 5.41) is 9.89. The molecule has 1 N–H and O–H groups in total. The summed E-state index contributed by atoms with van der Waals surface area (Å²) in [5.74, 6) is 0.341. The Labute approximate surface area is 156 Å². The maximum absolute atomic E-state index is 12.9. The van der Waals surface area contributed by atoms with Gasteiger partial charge in [-0.2, -0.15) is 13.2 Å². The Kier molecular flexibility index (Phi) is 5.25. The normalized spacial score (nSPS) is 11.3. The van der Waals surface area contributed by atoms with E-state index in [4.69, 9.17) is 14.3 Å². The lowest BCUT2D eigenvalue weighted by molar-refractivity contribution is -0.137. The van der Waals surface area contributed by atoms with Crippen molar-refractivity contribution < 1.29 is 32.3 Å². The van der Waals surface area contributed by atoms with E-state index in [-0.39, 0.29) is 11.0 Å². The number of ether oxygens (including phenoxy) is 2. The van der Waals surface area contributed by atoms with Crippen molar-refractivity contribution in [3.63, 3.8) is 0 Å². The zero-order chi connectivity index (χ0) is 20.3. The second-order valence-electron chi connectivity index (χ2n) is 5.55. The first-order valence-corrected chi connectivity index (χ1v) is 7.89. The minimum atomic E-state index is -4.52. The van der Waals surface area contributed by atoms with Crippen molar-refractivity contribution in [3.05, 3.63) is 42.0 Å². The average Bonchev–Trinajstić information content (AvgIpc) is 3.08. The molecule has 0 bridgehead atoms. The third-order valence-electron chi connectivity index (χ3n) is 3.74. The van der Waals surface area contributed by atoms with Crippen molar-refractivity contribution in [1.29, 1.82) is 0 Å². The van der Waals surface area contributed by atoms with Crippen LogP contribution in [0, 0.1) is 0 Å². The molecule has 1 aromatic heterocycles. The predicted molar refractivity (Wildman–Crippen MR) is 92.2 cm³/mol. The van der Waals surface area contributed by atoms with Crippen molar-refractivity contribution in [3.8, 4) is 11.5 Å². The highest BCUT2D eigenvalue weighted by Crippen LogP contribution is 2.31. The molecule has 0 radical (unpaired) electrons. The summed E-state index contributed by atoms with van der Waals surface area (Å²) in [6.07, 6.45) is -4.52. The van der Waals surface area contributed by atoms with Gasteiger partial charge < -0.3 is 19.6 Å². The van der Waals surface area contributed by atoms with E-state index in [1.54, 1.807) is 18.2 Å². The van der Waals surface area contributed by atoms with Gasteiger partial charge in [0, 0.05) is 6.07 Å². The molecule has 0 unspecified atom stereocenters. The fraction of sp³-hybridized carbons (Fsp3) is 0.235. The Morgan fingerprint density at radius 2 is 1.93 bits per heavy atom. The average molecular weight is 396 g/mol. The van der Waals surface area contributed by atoms with Crippen LogP contribution in [-0.2, 0) is 11.0 Å². The number of nitrogens with zero attached hydrogens (tertiary/aromatic N) is 3. The molecular formula is C17H15F3N4O4. The number of carbonyl (C=O) groups excluding carboxylic acids is 1. The number of fused-ring (bicyclic) bond motifs is 1. The van der Waals surface area contributed by atoms with Gasteiger partial charge in [-0.15, -0.1) is 5.10 Å². The van der Waals surface area contributed by atoms with Crippen LogP contribution in [0.25, 0.3) is 11.0 Å². The first-order chi connectivity index (χ1) is 13.3.